The molecule has 120 valence electrons. The van der Waals surface area contributed by atoms with Gasteiger partial charge in [-0.25, -0.2) is 13.2 Å². The standard InChI is InChI=1S/C14H17NO6S/c1-9-3-4-11(7-10(9)2)22(18,19)15-8-13(16)21-12-5-6-20-14(12)17/h3-4,7,12,15H,5-6,8H2,1-2H3/t12-/m0/s1. The lowest BCUT2D eigenvalue weighted by Gasteiger charge is -2.10. The Bertz CT molecular complexity index is 697. The first-order valence-electron chi connectivity index (χ1n) is 6.72. The van der Waals surface area contributed by atoms with E-state index in [0.29, 0.717) is 0 Å². The molecule has 0 bridgehead atoms. The summed E-state index contributed by atoms with van der Waals surface area (Å²) < 4.78 is 35.8. The lowest BCUT2D eigenvalue weighted by Crippen LogP contribution is -2.33. The van der Waals surface area contributed by atoms with Gasteiger partial charge in [0, 0.05) is 6.42 Å². The van der Waals surface area contributed by atoms with E-state index in [4.69, 9.17) is 4.74 Å². The lowest BCUT2D eigenvalue weighted by molar-refractivity contribution is -0.159. The van der Waals surface area contributed by atoms with Crippen molar-refractivity contribution in [1.82, 2.24) is 4.72 Å². The maximum absolute atomic E-state index is 12.1. The second-order valence-corrected chi connectivity index (χ2v) is 6.77. The fourth-order valence-electron chi connectivity index (χ4n) is 1.90. The molecule has 0 spiro atoms. The maximum Gasteiger partial charge on any atom is 0.347 e. The van der Waals surface area contributed by atoms with E-state index in [-0.39, 0.29) is 17.9 Å². The summed E-state index contributed by atoms with van der Waals surface area (Å²) in [5.74, 6) is -1.43. The topological polar surface area (TPSA) is 98.8 Å². The third-order valence-electron chi connectivity index (χ3n) is 3.36. The van der Waals surface area contributed by atoms with E-state index in [1.54, 1.807) is 13.0 Å². The van der Waals surface area contributed by atoms with Crippen molar-refractivity contribution in [3.05, 3.63) is 29.3 Å². The predicted octanol–water partition coefficient (Wildman–Crippen LogP) is 0.440. The van der Waals surface area contributed by atoms with E-state index >= 15 is 0 Å². The van der Waals surface area contributed by atoms with Gasteiger partial charge in [-0.2, -0.15) is 4.72 Å². The molecular formula is C14H17NO6S. The average molecular weight is 327 g/mol. The molecule has 1 atom stereocenters. The number of esters is 2. The van der Waals surface area contributed by atoms with Crippen molar-refractivity contribution in [3.8, 4) is 0 Å². The predicted molar refractivity (Wildman–Crippen MR) is 76.6 cm³/mol. The van der Waals surface area contributed by atoms with Gasteiger partial charge in [-0.05, 0) is 37.1 Å². The molecular weight excluding hydrogens is 310 g/mol. The van der Waals surface area contributed by atoms with E-state index in [2.05, 4.69) is 9.46 Å². The van der Waals surface area contributed by atoms with Crippen LogP contribution in [0.15, 0.2) is 23.1 Å². The molecule has 0 saturated carbocycles. The molecule has 22 heavy (non-hydrogen) atoms. The molecule has 1 aliphatic rings. The van der Waals surface area contributed by atoms with Crippen LogP contribution in [0.2, 0.25) is 0 Å². The lowest BCUT2D eigenvalue weighted by atomic mass is 10.1. The van der Waals surface area contributed by atoms with Crippen molar-refractivity contribution < 1.29 is 27.5 Å². The SMILES string of the molecule is Cc1ccc(S(=O)(=O)NCC(=O)O[C@H]2CCOC2=O)cc1C. The molecule has 2 rings (SSSR count). The van der Waals surface area contributed by atoms with Crippen molar-refractivity contribution in [2.75, 3.05) is 13.2 Å². The number of hydrogen-bond donors (Lipinski definition) is 1. The highest BCUT2D eigenvalue weighted by atomic mass is 32.2. The van der Waals surface area contributed by atoms with Crippen LogP contribution in [-0.4, -0.2) is 39.6 Å². The molecule has 0 unspecified atom stereocenters. The summed E-state index contributed by atoms with van der Waals surface area (Å²) in [7, 11) is -3.81. The Labute approximate surface area is 128 Å². The summed E-state index contributed by atoms with van der Waals surface area (Å²) in [6.45, 7) is 3.33. The number of cyclic esters (lactones) is 1. The number of ether oxygens (including phenoxy) is 2. The summed E-state index contributed by atoms with van der Waals surface area (Å²) >= 11 is 0. The van der Waals surface area contributed by atoms with E-state index in [0.717, 1.165) is 11.1 Å². The third-order valence-corrected chi connectivity index (χ3v) is 4.76. The van der Waals surface area contributed by atoms with Crippen LogP contribution >= 0.6 is 0 Å². The van der Waals surface area contributed by atoms with Crippen LogP contribution in [0.25, 0.3) is 0 Å². The highest BCUT2D eigenvalue weighted by molar-refractivity contribution is 7.89. The summed E-state index contributed by atoms with van der Waals surface area (Å²) in [4.78, 5) is 22.8. The van der Waals surface area contributed by atoms with Crippen LogP contribution in [0.5, 0.6) is 0 Å². The average Bonchev–Trinajstić information content (AvgIpc) is 2.85. The van der Waals surface area contributed by atoms with Crippen molar-refractivity contribution in [2.24, 2.45) is 0 Å². The second kappa shape index (κ2) is 6.45. The molecule has 1 aromatic carbocycles. The first-order valence-corrected chi connectivity index (χ1v) is 8.21. The number of benzene rings is 1. The Morgan fingerprint density at radius 2 is 2.09 bits per heavy atom. The molecule has 0 amide bonds. The molecule has 0 aromatic heterocycles. The van der Waals surface area contributed by atoms with E-state index in [1.165, 1.54) is 12.1 Å². The van der Waals surface area contributed by atoms with Crippen LogP contribution in [-0.2, 0) is 29.1 Å². The Morgan fingerprint density at radius 3 is 2.68 bits per heavy atom. The number of carbonyl (C=O) groups excluding carboxylic acids is 2. The van der Waals surface area contributed by atoms with Crippen molar-refractivity contribution in [1.29, 1.82) is 0 Å². The van der Waals surface area contributed by atoms with Crippen molar-refractivity contribution >= 4 is 22.0 Å². The number of carbonyl (C=O) groups is 2. The molecule has 8 heteroatoms. The molecule has 1 heterocycles. The quantitative estimate of drug-likeness (QED) is 0.788. The van der Waals surface area contributed by atoms with Crippen LogP contribution in [0.3, 0.4) is 0 Å². The molecule has 1 N–H and O–H groups in total. The maximum atomic E-state index is 12.1. The summed E-state index contributed by atoms with van der Waals surface area (Å²) in [6, 6.07) is 4.68. The Balaban J connectivity index is 1.95. The molecule has 1 aliphatic heterocycles. The number of sulfonamides is 1. The zero-order valence-electron chi connectivity index (χ0n) is 12.3. The summed E-state index contributed by atoms with van der Waals surface area (Å²) in [6.07, 6.45) is -0.660. The molecule has 0 aliphatic carbocycles. The zero-order chi connectivity index (χ0) is 16.3. The highest BCUT2D eigenvalue weighted by Crippen LogP contribution is 2.14. The van der Waals surface area contributed by atoms with Gasteiger partial charge in [0.25, 0.3) is 0 Å². The first kappa shape index (κ1) is 16.4. The zero-order valence-corrected chi connectivity index (χ0v) is 13.1. The van der Waals surface area contributed by atoms with Gasteiger partial charge < -0.3 is 9.47 Å². The van der Waals surface area contributed by atoms with Crippen LogP contribution in [0, 0.1) is 13.8 Å². The van der Waals surface area contributed by atoms with Gasteiger partial charge >= 0.3 is 11.9 Å². The molecule has 1 aromatic rings. The van der Waals surface area contributed by atoms with E-state index in [1.807, 2.05) is 6.92 Å². The third kappa shape index (κ3) is 3.83. The molecule has 0 radical (unpaired) electrons. The monoisotopic (exact) mass is 327 g/mol. The van der Waals surface area contributed by atoms with Gasteiger partial charge in [0.05, 0.1) is 11.5 Å². The van der Waals surface area contributed by atoms with Gasteiger partial charge in [0.2, 0.25) is 16.1 Å². The van der Waals surface area contributed by atoms with Crippen molar-refractivity contribution in [2.45, 2.75) is 31.3 Å². The summed E-state index contributed by atoms with van der Waals surface area (Å²) in [5.41, 5.74) is 1.80. The molecule has 1 saturated heterocycles. The van der Waals surface area contributed by atoms with Crippen molar-refractivity contribution in [3.63, 3.8) is 0 Å². The normalized spacial score (nSPS) is 18.1. The van der Waals surface area contributed by atoms with Gasteiger partial charge in [-0.1, -0.05) is 6.07 Å². The van der Waals surface area contributed by atoms with Gasteiger partial charge in [-0.15, -0.1) is 0 Å². The van der Waals surface area contributed by atoms with Crippen LogP contribution < -0.4 is 4.72 Å². The minimum atomic E-state index is -3.81. The first-order chi connectivity index (χ1) is 10.3. The van der Waals surface area contributed by atoms with Crippen LogP contribution in [0.1, 0.15) is 17.5 Å². The fourth-order valence-corrected chi connectivity index (χ4v) is 2.96. The van der Waals surface area contributed by atoms with E-state index in [9.17, 15) is 18.0 Å². The number of aryl methyl sites for hydroxylation is 2. The van der Waals surface area contributed by atoms with Gasteiger partial charge in [-0.3, -0.25) is 4.79 Å². The number of nitrogens with one attached hydrogen (secondary N) is 1. The fraction of sp³-hybridized carbons (Fsp3) is 0.429. The Hall–Kier alpha value is -1.93. The number of hydrogen-bond acceptors (Lipinski definition) is 6. The minimum Gasteiger partial charge on any atom is -0.463 e. The van der Waals surface area contributed by atoms with Gasteiger partial charge in [0.1, 0.15) is 6.54 Å². The van der Waals surface area contributed by atoms with E-state index < -0.39 is 34.6 Å². The minimum absolute atomic E-state index is 0.0728. The number of rotatable bonds is 5. The Kier molecular flexibility index (Phi) is 4.82. The smallest absolute Gasteiger partial charge is 0.347 e. The van der Waals surface area contributed by atoms with Gasteiger partial charge in [0.15, 0.2) is 0 Å². The summed E-state index contributed by atoms with van der Waals surface area (Å²) in [5, 5.41) is 0. The Morgan fingerprint density at radius 1 is 1.36 bits per heavy atom. The molecule has 1 fully saturated rings. The molecule has 7 nitrogen and oxygen atoms in total. The highest BCUT2D eigenvalue weighted by Gasteiger charge is 2.30. The van der Waals surface area contributed by atoms with Crippen LogP contribution in [0.4, 0.5) is 0 Å². The largest absolute Gasteiger partial charge is 0.463 e. The second-order valence-electron chi connectivity index (χ2n) is 5.01.